The van der Waals surface area contributed by atoms with Crippen LogP contribution < -0.4 is 0 Å². The second-order valence-corrected chi connectivity index (χ2v) is 8.23. The fourth-order valence-electron chi connectivity index (χ4n) is 2.53. The van der Waals surface area contributed by atoms with Gasteiger partial charge in [-0.3, -0.25) is 0 Å². The first-order chi connectivity index (χ1) is 9.96. The Kier molecular flexibility index (Phi) is 5.32. The first kappa shape index (κ1) is 16.4. The van der Waals surface area contributed by atoms with Crippen LogP contribution in [0.1, 0.15) is 37.2 Å². The van der Waals surface area contributed by atoms with Gasteiger partial charge in [0, 0.05) is 31.7 Å². The van der Waals surface area contributed by atoms with Crippen molar-refractivity contribution >= 4 is 21.5 Å². The molecule has 21 heavy (non-hydrogen) atoms. The maximum Gasteiger partial charge on any atom is 0.282 e. The number of rotatable bonds is 5. The summed E-state index contributed by atoms with van der Waals surface area (Å²) in [7, 11) is -2.02. The van der Waals surface area contributed by atoms with Crippen LogP contribution in [0.15, 0.2) is 11.6 Å². The Bertz CT molecular complexity index is 594. The van der Waals surface area contributed by atoms with Crippen LogP contribution in [0.2, 0.25) is 0 Å². The van der Waals surface area contributed by atoms with Crippen molar-refractivity contribution in [1.82, 2.24) is 13.6 Å². The monoisotopic (exact) mass is 328 g/mol. The van der Waals surface area contributed by atoms with Gasteiger partial charge < -0.3 is 0 Å². The van der Waals surface area contributed by atoms with Crippen molar-refractivity contribution in [2.45, 2.75) is 32.2 Å². The van der Waals surface area contributed by atoms with Crippen LogP contribution in [0, 0.1) is 17.2 Å². The van der Waals surface area contributed by atoms with E-state index < -0.39 is 10.2 Å². The molecule has 0 aliphatic carbocycles. The summed E-state index contributed by atoms with van der Waals surface area (Å²) in [6, 6.07) is 1.90. The third-order valence-corrected chi connectivity index (χ3v) is 6.48. The molecule has 0 radical (unpaired) electrons. The van der Waals surface area contributed by atoms with Gasteiger partial charge in [-0.25, -0.2) is 4.98 Å². The van der Waals surface area contributed by atoms with Gasteiger partial charge in [-0.2, -0.15) is 22.3 Å². The van der Waals surface area contributed by atoms with E-state index in [9.17, 15) is 8.42 Å². The molecule has 1 aromatic heterocycles. The van der Waals surface area contributed by atoms with E-state index in [1.54, 1.807) is 17.4 Å². The van der Waals surface area contributed by atoms with Gasteiger partial charge in [-0.05, 0) is 19.8 Å². The highest BCUT2D eigenvalue weighted by atomic mass is 32.2. The van der Waals surface area contributed by atoms with Gasteiger partial charge in [-0.15, -0.1) is 11.3 Å². The molecule has 1 aliphatic heterocycles. The van der Waals surface area contributed by atoms with Gasteiger partial charge in [0.2, 0.25) is 0 Å². The normalized spacial score (nSPS) is 22.1. The maximum atomic E-state index is 12.8. The summed E-state index contributed by atoms with van der Waals surface area (Å²) in [5, 5.41) is 11.6. The molecule has 1 saturated heterocycles. The zero-order valence-corrected chi connectivity index (χ0v) is 13.9. The zero-order valence-electron chi connectivity index (χ0n) is 12.3. The van der Waals surface area contributed by atoms with Gasteiger partial charge >= 0.3 is 0 Å². The second kappa shape index (κ2) is 6.83. The standard InChI is InChI=1S/C13H20N4O2S2/c1-11(9-14)10-16(2)21(18,19)17-7-4-3-5-12(17)13-15-6-8-20-13/h6,8,11-12H,3-5,7,10H2,1-2H3. The van der Waals surface area contributed by atoms with Crippen molar-refractivity contribution < 1.29 is 8.42 Å². The Morgan fingerprint density at radius 3 is 3.00 bits per heavy atom. The summed E-state index contributed by atoms with van der Waals surface area (Å²) in [4.78, 5) is 4.28. The average molecular weight is 328 g/mol. The minimum absolute atomic E-state index is 0.177. The molecule has 0 N–H and O–H groups in total. The van der Waals surface area contributed by atoms with Crippen molar-refractivity contribution in [2.24, 2.45) is 5.92 Å². The number of piperidine rings is 1. The summed E-state index contributed by atoms with van der Waals surface area (Å²) in [5.74, 6) is -0.326. The Morgan fingerprint density at radius 1 is 1.62 bits per heavy atom. The summed E-state index contributed by atoms with van der Waals surface area (Å²) in [6.45, 7) is 2.44. The van der Waals surface area contributed by atoms with Crippen molar-refractivity contribution in [1.29, 1.82) is 5.26 Å². The van der Waals surface area contributed by atoms with Gasteiger partial charge in [-0.1, -0.05) is 6.42 Å². The number of hydrogen-bond acceptors (Lipinski definition) is 5. The quantitative estimate of drug-likeness (QED) is 0.828. The molecule has 0 aromatic carbocycles. The smallest absolute Gasteiger partial charge is 0.248 e. The van der Waals surface area contributed by atoms with Crippen molar-refractivity contribution in [2.75, 3.05) is 20.1 Å². The van der Waals surface area contributed by atoms with Crippen LogP contribution in [-0.2, 0) is 10.2 Å². The predicted octanol–water partition coefficient (Wildman–Crippen LogP) is 2.01. The average Bonchev–Trinajstić information content (AvgIpc) is 3.01. The van der Waals surface area contributed by atoms with Crippen LogP contribution in [0.3, 0.4) is 0 Å². The zero-order chi connectivity index (χ0) is 15.5. The summed E-state index contributed by atoms with van der Waals surface area (Å²) < 4.78 is 28.3. The third kappa shape index (κ3) is 3.61. The molecule has 2 atom stereocenters. The second-order valence-electron chi connectivity index (χ2n) is 5.31. The lowest BCUT2D eigenvalue weighted by Gasteiger charge is -2.36. The van der Waals surface area contributed by atoms with E-state index in [0.29, 0.717) is 6.54 Å². The molecule has 2 heterocycles. The first-order valence-electron chi connectivity index (χ1n) is 6.99. The minimum atomic E-state index is -3.56. The maximum absolute atomic E-state index is 12.8. The van der Waals surface area contributed by atoms with Gasteiger partial charge in [0.05, 0.1) is 18.0 Å². The number of hydrogen-bond donors (Lipinski definition) is 0. The molecule has 1 aromatic rings. The van der Waals surface area contributed by atoms with E-state index in [4.69, 9.17) is 5.26 Å². The van der Waals surface area contributed by atoms with Crippen LogP contribution in [0.5, 0.6) is 0 Å². The molecule has 0 bridgehead atoms. The lowest BCUT2D eigenvalue weighted by molar-refractivity contribution is 0.236. The Labute approximate surface area is 130 Å². The topological polar surface area (TPSA) is 77.3 Å². The number of thiazole rings is 1. The molecule has 2 unspecified atom stereocenters. The number of nitrogens with zero attached hydrogens (tertiary/aromatic N) is 4. The highest BCUT2D eigenvalue weighted by Crippen LogP contribution is 2.34. The molecule has 2 rings (SSSR count). The van der Waals surface area contributed by atoms with E-state index in [-0.39, 0.29) is 18.5 Å². The van der Waals surface area contributed by atoms with E-state index in [0.717, 1.165) is 24.3 Å². The molecule has 0 amide bonds. The third-order valence-electron chi connectivity index (χ3n) is 3.63. The van der Waals surface area contributed by atoms with E-state index in [1.165, 1.54) is 22.7 Å². The lowest BCUT2D eigenvalue weighted by Crippen LogP contribution is -2.46. The fourth-order valence-corrected chi connectivity index (χ4v) is 5.04. The molecule has 1 fully saturated rings. The van der Waals surface area contributed by atoms with Crippen LogP contribution in [0.25, 0.3) is 0 Å². The SMILES string of the molecule is CC(C#N)CN(C)S(=O)(=O)N1CCCCC1c1nccs1. The van der Waals surface area contributed by atoms with E-state index >= 15 is 0 Å². The molecular weight excluding hydrogens is 308 g/mol. The van der Waals surface area contributed by atoms with E-state index in [2.05, 4.69) is 11.1 Å². The van der Waals surface area contributed by atoms with Gasteiger partial charge in [0.25, 0.3) is 10.2 Å². The highest BCUT2D eigenvalue weighted by Gasteiger charge is 2.37. The number of nitriles is 1. The van der Waals surface area contributed by atoms with Gasteiger partial charge in [0.1, 0.15) is 5.01 Å². The van der Waals surface area contributed by atoms with Crippen LogP contribution in [-0.4, -0.2) is 42.1 Å². The fraction of sp³-hybridized carbons (Fsp3) is 0.692. The van der Waals surface area contributed by atoms with Crippen LogP contribution in [0.4, 0.5) is 0 Å². The largest absolute Gasteiger partial charge is 0.282 e. The van der Waals surface area contributed by atoms with E-state index in [1.807, 2.05) is 5.38 Å². The van der Waals surface area contributed by atoms with Crippen molar-refractivity contribution in [3.05, 3.63) is 16.6 Å². The molecule has 0 spiro atoms. The van der Waals surface area contributed by atoms with Crippen LogP contribution >= 0.6 is 11.3 Å². The molecule has 8 heteroatoms. The van der Waals surface area contributed by atoms with Crippen molar-refractivity contribution in [3.63, 3.8) is 0 Å². The minimum Gasteiger partial charge on any atom is -0.248 e. The molecular formula is C13H20N4O2S2. The van der Waals surface area contributed by atoms with Gasteiger partial charge in [0.15, 0.2) is 0 Å². The number of aromatic nitrogens is 1. The van der Waals surface area contributed by atoms with Crippen molar-refractivity contribution in [3.8, 4) is 6.07 Å². The molecule has 0 saturated carbocycles. The predicted molar refractivity (Wildman–Crippen MR) is 81.7 cm³/mol. The highest BCUT2D eigenvalue weighted by molar-refractivity contribution is 7.86. The summed E-state index contributed by atoms with van der Waals surface area (Å²) in [6.07, 6.45) is 4.38. The Morgan fingerprint density at radius 2 is 2.38 bits per heavy atom. The summed E-state index contributed by atoms with van der Waals surface area (Å²) >= 11 is 1.49. The Hall–Kier alpha value is -1.01. The lowest BCUT2D eigenvalue weighted by atomic mass is 10.1. The molecule has 6 nitrogen and oxygen atoms in total. The summed E-state index contributed by atoms with van der Waals surface area (Å²) in [5.41, 5.74) is 0. The first-order valence-corrected chi connectivity index (χ1v) is 9.26. The molecule has 1 aliphatic rings. The molecule has 116 valence electrons. The Balaban J connectivity index is 2.22.